The van der Waals surface area contributed by atoms with E-state index in [1.807, 2.05) is 43.3 Å². The Bertz CT molecular complexity index is 852. The summed E-state index contributed by atoms with van der Waals surface area (Å²) < 4.78 is 11.6. The molecule has 0 saturated carbocycles. The molecule has 1 aliphatic rings. The van der Waals surface area contributed by atoms with Crippen LogP contribution in [0.4, 0.5) is 0 Å². The molecule has 0 amide bonds. The minimum atomic E-state index is -0.269. The van der Waals surface area contributed by atoms with Crippen LogP contribution in [0.1, 0.15) is 56.4 Å². The standard InChI is InChI=1S/C26H34ClNO3/c1-18(2)16-21-8-10-22(11-9-21)19(3)26(29)31-15-13-28-12-14-30-25(20(28)4)23-6-5-7-24(27)17-23/h5-11,17-20,25H,12-16H2,1-4H3. The van der Waals surface area contributed by atoms with Crippen LogP contribution in [-0.2, 0) is 20.7 Å². The van der Waals surface area contributed by atoms with Crippen LogP contribution in [0, 0.1) is 5.92 Å². The third-order valence-electron chi connectivity index (χ3n) is 5.97. The molecular weight excluding hydrogens is 410 g/mol. The summed E-state index contributed by atoms with van der Waals surface area (Å²) >= 11 is 6.15. The summed E-state index contributed by atoms with van der Waals surface area (Å²) in [7, 11) is 0. The molecule has 3 unspecified atom stereocenters. The molecule has 0 radical (unpaired) electrons. The second-order valence-electron chi connectivity index (χ2n) is 8.85. The van der Waals surface area contributed by atoms with Crippen molar-refractivity contribution >= 4 is 17.6 Å². The van der Waals surface area contributed by atoms with Crippen LogP contribution in [0.2, 0.25) is 5.02 Å². The molecule has 4 nitrogen and oxygen atoms in total. The van der Waals surface area contributed by atoms with Crippen molar-refractivity contribution < 1.29 is 14.3 Å². The van der Waals surface area contributed by atoms with E-state index >= 15 is 0 Å². The Labute approximate surface area is 191 Å². The van der Waals surface area contributed by atoms with E-state index in [4.69, 9.17) is 21.1 Å². The molecular formula is C26H34ClNO3. The van der Waals surface area contributed by atoms with Gasteiger partial charge in [0, 0.05) is 24.2 Å². The van der Waals surface area contributed by atoms with E-state index < -0.39 is 0 Å². The van der Waals surface area contributed by atoms with E-state index in [1.165, 1.54) is 5.56 Å². The Morgan fingerprint density at radius 1 is 1.19 bits per heavy atom. The first-order chi connectivity index (χ1) is 14.8. The summed E-state index contributed by atoms with van der Waals surface area (Å²) in [6, 6.07) is 16.3. The van der Waals surface area contributed by atoms with Gasteiger partial charge in [-0.05, 0) is 55.0 Å². The quantitative estimate of drug-likeness (QED) is 0.494. The van der Waals surface area contributed by atoms with E-state index in [2.05, 4.69) is 37.8 Å². The van der Waals surface area contributed by atoms with Crippen LogP contribution < -0.4 is 0 Å². The fourth-order valence-corrected chi connectivity index (χ4v) is 4.34. The zero-order valence-corrected chi connectivity index (χ0v) is 19.8. The monoisotopic (exact) mass is 443 g/mol. The Hall–Kier alpha value is -1.88. The largest absolute Gasteiger partial charge is 0.464 e. The van der Waals surface area contributed by atoms with Gasteiger partial charge in [0.2, 0.25) is 0 Å². The van der Waals surface area contributed by atoms with Crippen LogP contribution in [0.15, 0.2) is 48.5 Å². The van der Waals surface area contributed by atoms with Gasteiger partial charge in [0.05, 0.1) is 18.6 Å². The van der Waals surface area contributed by atoms with Gasteiger partial charge in [0.1, 0.15) is 6.61 Å². The number of hydrogen-bond acceptors (Lipinski definition) is 4. The number of morpholine rings is 1. The molecule has 3 atom stereocenters. The number of ether oxygens (including phenoxy) is 2. The fraction of sp³-hybridized carbons (Fsp3) is 0.500. The van der Waals surface area contributed by atoms with Crippen molar-refractivity contribution in [3.63, 3.8) is 0 Å². The first kappa shape index (κ1) is 23.8. The number of halogens is 1. The van der Waals surface area contributed by atoms with Crippen molar-refractivity contribution in [3.8, 4) is 0 Å². The summed E-state index contributed by atoms with van der Waals surface area (Å²) in [6.45, 7) is 11.0. The lowest BCUT2D eigenvalue weighted by molar-refractivity contribution is -0.146. The molecule has 1 saturated heterocycles. The molecule has 0 bridgehead atoms. The number of benzene rings is 2. The van der Waals surface area contributed by atoms with Crippen LogP contribution in [-0.4, -0.2) is 43.2 Å². The SMILES string of the molecule is CC(C)Cc1ccc(C(C)C(=O)OCCN2CCOC(c3cccc(Cl)c3)C2C)cc1. The van der Waals surface area contributed by atoms with Gasteiger partial charge in [-0.3, -0.25) is 9.69 Å². The predicted molar refractivity (Wildman–Crippen MR) is 126 cm³/mol. The van der Waals surface area contributed by atoms with Crippen molar-refractivity contribution in [2.75, 3.05) is 26.3 Å². The molecule has 2 aromatic carbocycles. The summed E-state index contributed by atoms with van der Waals surface area (Å²) in [6.07, 6.45) is 1.01. The highest BCUT2D eigenvalue weighted by molar-refractivity contribution is 6.30. The Morgan fingerprint density at radius 3 is 2.61 bits per heavy atom. The van der Waals surface area contributed by atoms with Crippen molar-refractivity contribution in [3.05, 3.63) is 70.2 Å². The molecule has 0 aliphatic carbocycles. The predicted octanol–water partition coefficient (Wildman–Crippen LogP) is 5.65. The lowest BCUT2D eigenvalue weighted by atomic mass is 9.97. The molecule has 5 heteroatoms. The summed E-state index contributed by atoms with van der Waals surface area (Å²) in [5.41, 5.74) is 3.38. The van der Waals surface area contributed by atoms with E-state index in [-0.39, 0.29) is 24.0 Å². The van der Waals surface area contributed by atoms with Gasteiger partial charge in [-0.25, -0.2) is 0 Å². The summed E-state index contributed by atoms with van der Waals surface area (Å²) in [5, 5.41) is 0.713. The number of carbonyl (C=O) groups is 1. The number of hydrogen-bond donors (Lipinski definition) is 0. The number of carbonyl (C=O) groups excluding carboxylic acids is 1. The molecule has 1 fully saturated rings. The maximum absolute atomic E-state index is 12.6. The molecule has 168 valence electrons. The maximum atomic E-state index is 12.6. The minimum Gasteiger partial charge on any atom is -0.464 e. The first-order valence-corrected chi connectivity index (χ1v) is 11.6. The molecule has 1 heterocycles. The smallest absolute Gasteiger partial charge is 0.313 e. The Balaban J connectivity index is 1.50. The van der Waals surface area contributed by atoms with Gasteiger partial charge in [-0.2, -0.15) is 0 Å². The zero-order valence-electron chi connectivity index (χ0n) is 19.0. The van der Waals surface area contributed by atoms with Crippen molar-refractivity contribution in [1.82, 2.24) is 4.90 Å². The van der Waals surface area contributed by atoms with E-state index in [1.54, 1.807) is 0 Å². The van der Waals surface area contributed by atoms with E-state index in [0.29, 0.717) is 30.7 Å². The van der Waals surface area contributed by atoms with Crippen LogP contribution >= 0.6 is 11.6 Å². The average Bonchev–Trinajstić information content (AvgIpc) is 2.74. The molecule has 0 N–H and O–H groups in total. The third-order valence-corrected chi connectivity index (χ3v) is 6.20. The van der Waals surface area contributed by atoms with Gasteiger partial charge in [0.25, 0.3) is 0 Å². The van der Waals surface area contributed by atoms with Crippen LogP contribution in [0.3, 0.4) is 0 Å². The lowest BCUT2D eigenvalue weighted by Gasteiger charge is -2.39. The summed E-state index contributed by atoms with van der Waals surface area (Å²) in [4.78, 5) is 14.9. The second-order valence-corrected chi connectivity index (χ2v) is 9.29. The van der Waals surface area contributed by atoms with Crippen molar-refractivity contribution in [2.24, 2.45) is 5.92 Å². The number of rotatable bonds is 8. The van der Waals surface area contributed by atoms with Crippen LogP contribution in [0.5, 0.6) is 0 Å². The van der Waals surface area contributed by atoms with Crippen molar-refractivity contribution in [1.29, 1.82) is 0 Å². The van der Waals surface area contributed by atoms with Gasteiger partial charge in [-0.15, -0.1) is 0 Å². The molecule has 1 aliphatic heterocycles. The van der Waals surface area contributed by atoms with Crippen molar-refractivity contribution in [2.45, 2.75) is 52.2 Å². The first-order valence-electron chi connectivity index (χ1n) is 11.2. The van der Waals surface area contributed by atoms with E-state index in [9.17, 15) is 4.79 Å². The lowest BCUT2D eigenvalue weighted by Crippen LogP contribution is -2.47. The topological polar surface area (TPSA) is 38.8 Å². The van der Waals surface area contributed by atoms with Gasteiger partial charge < -0.3 is 9.47 Å². The molecule has 3 rings (SSSR count). The minimum absolute atomic E-state index is 0.0357. The number of esters is 1. The van der Waals surface area contributed by atoms with Crippen LogP contribution in [0.25, 0.3) is 0 Å². The fourth-order valence-electron chi connectivity index (χ4n) is 4.14. The van der Waals surface area contributed by atoms with E-state index in [0.717, 1.165) is 24.1 Å². The van der Waals surface area contributed by atoms with Gasteiger partial charge in [0.15, 0.2) is 0 Å². The zero-order chi connectivity index (χ0) is 22.4. The molecule has 0 aromatic heterocycles. The molecule has 0 spiro atoms. The molecule has 31 heavy (non-hydrogen) atoms. The highest BCUT2D eigenvalue weighted by Crippen LogP contribution is 2.29. The Morgan fingerprint density at radius 2 is 1.94 bits per heavy atom. The number of nitrogens with zero attached hydrogens (tertiary/aromatic N) is 1. The summed E-state index contributed by atoms with van der Waals surface area (Å²) in [5.74, 6) is 0.174. The average molecular weight is 444 g/mol. The van der Waals surface area contributed by atoms with Gasteiger partial charge >= 0.3 is 5.97 Å². The third kappa shape index (κ3) is 6.55. The Kier molecular flexibility index (Phi) is 8.53. The highest BCUT2D eigenvalue weighted by Gasteiger charge is 2.30. The van der Waals surface area contributed by atoms with Gasteiger partial charge in [-0.1, -0.05) is 61.8 Å². The highest BCUT2D eigenvalue weighted by atomic mass is 35.5. The normalized spacial score (nSPS) is 20.6. The second kappa shape index (κ2) is 11.1. The molecule has 2 aromatic rings. The maximum Gasteiger partial charge on any atom is 0.313 e.